The van der Waals surface area contributed by atoms with Crippen LogP contribution in [0.25, 0.3) is 0 Å². The highest BCUT2D eigenvalue weighted by atomic mass is 19.1. The Bertz CT molecular complexity index is 387. The van der Waals surface area contributed by atoms with Crippen molar-refractivity contribution in [2.75, 3.05) is 0 Å². The van der Waals surface area contributed by atoms with Crippen LogP contribution in [-0.4, -0.2) is 16.0 Å². The van der Waals surface area contributed by atoms with Crippen molar-refractivity contribution in [1.29, 1.82) is 0 Å². The lowest BCUT2D eigenvalue weighted by molar-refractivity contribution is -0.516. The molecule has 1 rings (SSSR count). The Morgan fingerprint density at radius 2 is 1.80 bits per heavy atom. The Kier molecular flexibility index (Phi) is 2.93. The Balaban J connectivity index is 3.22. The largest absolute Gasteiger partial charge is 0.476 e. The monoisotopic (exact) mass is 217 g/mol. The van der Waals surface area contributed by atoms with Crippen LogP contribution in [0.5, 0.6) is 0 Å². The van der Waals surface area contributed by atoms with E-state index in [4.69, 9.17) is 5.11 Å². The van der Waals surface area contributed by atoms with Crippen LogP contribution < -0.4 is 0 Å². The average Bonchev–Trinajstić information content (AvgIpc) is 1.99. The van der Waals surface area contributed by atoms with Gasteiger partial charge in [-0.15, -0.1) is 0 Å². The number of aliphatic carboxylic acids is 1. The van der Waals surface area contributed by atoms with Gasteiger partial charge in [-0.3, -0.25) is 10.1 Å². The second-order valence-corrected chi connectivity index (χ2v) is 2.73. The summed E-state index contributed by atoms with van der Waals surface area (Å²) in [5, 5.41) is 18.8. The predicted molar refractivity (Wildman–Crippen MR) is 43.7 cm³/mol. The molecule has 0 amide bonds. The van der Waals surface area contributed by atoms with Gasteiger partial charge in [0.25, 0.3) is 0 Å². The van der Waals surface area contributed by atoms with E-state index in [1.165, 1.54) is 0 Å². The molecule has 0 aliphatic heterocycles. The summed E-state index contributed by atoms with van der Waals surface area (Å²) < 4.78 is 25.3. The number of hydrogen-bond donors (Lipinski definition) is 1. The molecule has 0 bridgehead atoms. The fourth-order valence-electron chi connectivity index (χ4n) is 1.09. The molecule has 1 aromatic carbocycles. The van der Waals surface area contributed by atoms with Gasteiger partial charge in [-0.1, -0.05) is 0 Å². The molecule has 0 fully saturated rings. The van der Waals surface area contributed by atoms with Gasteiger partial charge < -0.3 is 5.11 Å². The van der Waals surface area contributed by atoms with E-state index in [2.05, 4.69) is 0 Å². The zero-order chi connectivity index (χ0) is 11.6. The van der Waals surface area contributed by atoms with Crippen molar-refractivity contribution >= 4 is 5.97 Å². The van der Waals surface area contributed by atoms with Gasteiger partial charge in [0, 0.05) is 16.6 Å². The van der Waals surface area contributed by atoms with Crippen molar-refractivity contribution in [3.05, 3.63) is 45.5 Å². The fraction of sp³-hybridized carbons (Fsp3) is 0.125. The standard InChI is InChI=1S/C8H5F2NO4/c9-5-1-4(2-6(10)3-5)7(8(12)13)11(14)15/h1-3,7H,(H,12,13). The maximum atomic E-state index is 12.7. The molecular formula is C8H5F2NO4. The van der Waals surface area contributed by atoms with E-state index in [9.17, 15) is 23.7 Å². The molecule has 1 unspecified atom stereocenters. The summed E-state index contributed by atoms with van der Waals surface area (Å²) in [6.45, 7) is 0. The number of rotatable bonds is 3. The summed E-state index contributed by atoms with van der Waals surface area (Å²) in [4.78, 5) is 19.7. The highest BCUT2D eigenvalue weighted by molar-refractivity contribution is 5.74. The van der Waals surface area contributed by atoms with Crippen molar-refractivity contribution in [1.82, 2.24) is 0 Å². The number of carboxylic acids is 1. The minimum atomic E-state index is -2.16. The van der Waals surface area contributed by atoms with E-state index in [-0.39, 0.29) is 0 Å². The minimum absolute atomic E-state index is 0.502. The van der Waals surface area contributed by atoms with Crippen LogP contribution in [0, 0.1) is 21.7 Å². The summed E-state index contributed by atoms with van der Waals surface area (Å²) in [6.07, 6.45) is 0. The smallest absolute Gasteiger partial charge is 0.384 e. The lowest BCUT2D eigenvalue weighted by Crippen LogP contribution is -2.20. The second kappa shape index (κ2) is 3.99. The maximum absolute atomic E-state index is 12.7. The third-order valence-corrected chi connectivity index (χ3v) is 1.65. The van der Waals surface area contributed by atoms with Crippen LogP contribution in [0.4, 0.5) is 8.78 Å². The van der Waals surface area contributed by atoms with Gasteiger partial charge in [0.05, 0.1) is 0 Å². The molecule has 0 radical (unpaired) electrons. The molecule has 15 heavy (non-hydrogen) atoms. The normalized spacial score (nSPS) is 12.1. The van der Waals surface area contributed by atoms with Gasteiger partial charge >= 0.3 is 12.0 Å². The van der Waals surface area contributed by atoms with Gasteiger partial charge in [0.2, 0.25) is 0 Å². The molecule has 0 saturated heterocycles. The SMILES string of the molecule is O=C(O)C(c1cc(F)cc(F)c1)[N+](=O)[O-]. The average molecular weight is 217 g/mol. The van der Waals surface area contributed by atoms with Crippen molar-refractivity contribution in [2.45, 2.75) is 6.04 Å². The lowest BCUT2D eigenvalue weighted by Gasteiger charge is -2.04. The number of nitrogens with zero attached hydrogens (tertiary/aromatic N) is 1. The molecule has 0 saturated carbocycles. The molecule has 7 heteroatoms. The Hall–Kier alpha value is -2.05. The first kappa shape index (κ1) is 11.0. The molecule has 0 heterocycles. The van der Waals surface area contributed by atoms with E-state index in [0.717, 1.165) is 0 Å². The molecule has 0 aliphatic rings. The van der Waals surface area contributed by atoms with Gasteiger partial charge in [-0.2, -0.15) is 0 Å². The quantitative estimate of drug-likeness (QED) is 0.612. The van der Waals surface area contributed by atoms with Crippen LogP contribution in [0.15, 0.2) is 18.2 Å². The molecule has 1 N–H and O–H groups in total. The van der Waals surface area contributed by atoms with Crippen LogP contribution in [-0.2, 0) is 4.79 Å². The Labute approximate surface area is 82.1 Å². The topological polar surface area (TPSA) is 80.4 Å². The zero-order valence-electron chi connectivity index (χ0n) is 7.18. The van der Waals surface area contributed by atoms with Gasteiger partial charge in [-0.05, 0) is 12.1 Å². The summed E-state index contributed by atoms with van der Waals surface area (Å²) in [5.74, 6) is -3.89. The summed E-state index contributed by atoms with van der Waals surface area (Å²) >= 11 is 0. The van der Waals surface area contributed by atoms with Crippen molar-refractivity contribution in [3.63, 3.8) is 0 Å². The van der Waals surface area contributed by atoms with Crippen LogP contribution in [0.1, 0.15) is 11.6 Å². The fourth-order valence-corrected chi connectivity index (χ4v) is 1.09. The predicted octanol–water partition coefficient (Wildman–Crippen LogP) is 1.37. The van der Waals surface area contributed by atoms with Crippen molar-refractivity contribution in [2.24, 2.45) is 0 Å². The maximum Gasteiger partial charge on any atom is 0.384 e. The van der Waals surface area contributed by atoms with E-state index >= 15 is 0 Å². The molecule has 1 atom stereocenters. The Morgan fingerprint density at radius 3 is 2.13 bits per heavy atom. The van der Waals surface area contributed by atoms with Gasteiger partial charge in [0.15, 0.2) is 0 Å². The van der Waals surface area contributed by atoms with Gasteiger partial charge in [0.1, 0.15) is 11.6 Å². The third-order valence-electron chi connectivity index (χ3n) is 1.65. The minimum Gasteiger partial charge on any atom is -0.476 e. The molecule has 0 aromatic heterocycles. The van der Waals surface area contributed by atoms with E-state index in [1.807, 2.05) is 0 Å². The highest BCUT2D eigenvalue weighted by Gasteiger charge is 2.32. The van der Waals surface area contributed by atoms with Crippen LogP contribution in [0.3, 0.4) is 0 Å². The third kappa shape index (κ3) is 2.46. The van der Waals surface area contributed by atoms with Gasteiger partial charge in [-0.25, -0.2) is 13.6 Å². The molecule has 80 valence electrons. The van der Waals surface area contributed by atoms with Crippen LogP contribution >= 0.6 is 0 Å². The summed E-state index contributed by atoms with van der Waals surface area (Å²) in [7, 11) is 0. The number of nitro groups is 1. The highest BCUT2D eigenvalue weighted by Crippen LogP contribution is 2.19. The first-order valence-electron chi connectivity index (χ1n) is 3.74. The molecular weight excluding hydrogens is 212 g/mol. The second-order valence-electron chi connectivity index (χ2n) is 2.73. The lowest BCUT2D eigenvalue weighted by atomic mass is 10.1. The number of benzene rings is 1. The first-order valence-corrected chi connectivity index (χ1v) is 3.74. The molecule has 1 aromatic rings. The Morgan fingerprint density at radius 1 is 1.33 bits per heavy atom. The number of carbonyl (C=O) groups is 1. The first-order chi connectivity index (χ1) is 6.91. The number of halogens is 2. The van der Waals surface area contributed by atoms with E-state index < -0.39 is 34.1 Å². The number of carboxylic acid groups (broad SMARTS) is 1. The summed E-state index contributed by atoms with van der Waals surface area (Å²) in [6, 6.07) is -0.423. The van der Waals surface area contributed by atoms with Crippen molar-refractivity contribution in [3.8, 4) is 0 Å². The van der Waals surface area contributed by atoms with E-state index in [0.29, 0.717) is 18.2 Å². The van der Waals surface area contributed by atoms with E-state index in [1.54, 1.807) is 0 Å². The molecule has 0 aliphatic carbocycles. The molecule has 0 spiro atoms. The summed E-state index contributed by atoms with van der Waals surface area (Å²) in [5.41, 5.74) is -0.537. The van der Waals surface area contributed by atoms with Crippen molar-refractivity contribution < 1.29 is 23.6 Å². The molecule has 5 nitrogen and oxygen atoms in total. The zero-order valence-corrected chi connectivity index (χ0v) is 7.18. The number of hydrogen-bond acceptors (Lipinski definition) is 3. The van der Waals surface area contributed by atoms with Crippen LogP contribution in [0.2, 0.25) is 0 Å².